The summed E-state index contributed by atoms with van der Waals surface area (Å²) in [5.74, 6) is 0.774. The van der Waals surface area contributed by atoms with E-state index in [0.717, 1.165) is 30.8 Å². The predicted molar refractivity (Wildman–Crippen MR) is 116 cm³/mol. The fraction of sp³-hybridized carbons (Fsp3) is 0.542. The molecule has 29 heavy (non-hydrogen) atoms. The Kier molecular flexibility index (Phi) is 10.2. The lowest BCUT2D eigenvalue weighted by Crippen LogP contribution is -2.13. The van der Waals surface area contributed by atoms with Crippen LogP contribution >= 0.6 is 0 Å². The van der Waals surface area contributed by atoms with Crippen molar-refractivity contribution in [3.05, 3.63) is 42.4 Å². The van der Waals surface area contributed by atoms with Crippen molar-refractivity contribution in [1.29, 1.82) is 0 Å². The number of hydrogen-bond acceptors (Lipinski definition) is 5. The maximum Gasteiger partial charge on any atom is 0.358 e. The van der Waals surface area contributed by atoms with Crippen LogP contribution in [-0.2, 0) is 4.74 Å². The molecule has 0 radical (unpaired) electrons. The van der Waals surface area contributed by atoms with Crippen LogP contribution in [0.25, 0.3) is 11.3 Å². The van der Waals surface area contributed by atoms with Gasteiger partial charge in [0.25, 0.3) is 0 Å². The Labute approximate surface area is 174 Å². The quantitative estimate of drug-likeness (QED) is 0.302. The molecule has 0 amide bonds. The summed E-state index contributed by atoms with van der Waals surface area (Å²) in [6.07, 6.45) is 11.6. The van der Waals surface area contributed by atoms with E-state index in [2.05, 4.69) is 23.8 Å². The molecule has 0 saturated carbocycles. The van der Waals surface area contributed by atoms with Gasteiger partial charge in [-0.15, -0.1) is 0 Å². The molecule has 0 aliphatic carbocycles. The lowest BCUT2D eigenvalue weighted by molar-refractivity contribution is 0.0439. The van der Waals surface area contributed by atoms with E-state index < -0.39 is 5.97 Å². The van der Waals surface area contributed by atoms with E-state index in [9.17, 15) is 4.79 Å². The summed E-state index contributed by atoms with van der Waals surface area (Å²) in [5.41, 5.74) is 1.88. The Morgan fingerprint density at radius 2 is 1.69 bits per heavy atom. The maximum absolute atomic E-state index is 12.0. The van der Waals surface area contributed by atoms with Gasteiger partial charge >= 0.3 is 5.97 Å². The lowest BCUT2D eigenvalue weighted by atomic mass is 10.1. The van der Waals surface area contributed by atoms with Crippen LogP contribution in [-0.4, -0.2) is 29.2 Å². The van der Waals surface area contributed by atoms with Crippen molar-refractivity contribution in [3.8, 4) is 17.0 Å². The fourth-order valence-corrected chi connectivity index (χ4v) is 2.79. The first-order valence-electron chi connectivity index (χ1n) is 10.9. The van der Waals surface area contributed by atoms with Gasteiger partial charge in [0.1, 0.15) is 5.75 Å². The number of unbranched alkanes of at least 4 members (excludes halogenated alkanes) is 5. The van der Waals surface area contributed by atoms with Gasteiger partial charge in [-0.25, -0.2) is 9.78 Å². The lowest BCUT2D eigenvalue weighted by Gasteiger charge is -2.09. The van der Waals surface area contributed by atoms with Crippen molar-refractivity contribution >= 4 is 5.97 Å². The molecule has 1 aromatic carbocycles. The highest BCUT2D eigenvalue weighted by Crippen LogP contribution is 2.20. The van der Waals surface area contributed by atoms with Crippen LogP contribution in [0.5, 0.6) is 5.75 Å². The normalized spacial score (nSPS) is 11.8. The summed E-state index contributed by atoms with van der Waals surface area (Å²) in [7, 11) is 0. The monoisotopic (exact) mass is 398 g/mol. The second-order valence-corrected chi connectivity index (χ2v) is 7.54. The molecule has 0 saturated heterocycles. The minimum Gasteiger partial charge on any atom is -0.494 e. The zero-order valence-corrected chi connectivity index (χ0v) is 18.0. The molecule has 1 heterocycles. The summed E-state index contributed by atoms with van der Waals surface area (Å²) < 4.78 is 11.1. The molecule has 0 bridgehead atoms. The number of benzene rings is 1. The van der Waals surface area contributed by atoms with E-state index in [1.165, 1.54) is 38.3 Å². The van der Waals surface area contributed by atoms with E-state index in [0.29, 0.717) is 18.2 Å². The van der Waals surface area contributed by atoms with Gasteiger partial charge in [-0.3, -0.25) is 4.98 Å². The minimum absolute atomic E-state index is 0.232. The van der Waals surface area contributed by atoms with Crippen molar-refractivity contribution < 1.29 is 14.3 Å². The first-order valence-corrected chi connectivity index (χ1v) is 10.9. The van der Waals surface area contributed by atoms with E-state index >= 15 is 0 Å². The van der Waals surface area contributed by atoms with E-state index in [1.54, 1.807) is 6.20 Å². The largest absolute Gasteiger partial charge is 0.494 e. The predicted octanol–water partition coefficient (Wildman–Crippen LogP) is 6.09. The van der Waals surface area contributed by atoms with Gasteiger partial charge in [-0.1, -0.05) is 59.3 Å². The Balaban J connectivity index is 1.79. The highest BCUT2D eigenvalue weighted by Gasteiger charge is 2.12. The van der Waals surface area contributed by atoms with Crippen molar-refractivity contribution in [2.45, 2.75) is 65.7 Å². The molecule has 0 fully saturated rings. The molecule has 0 aliphatic rings. The summed E-state index contributed by atoms with van der Waals surface area (Å²) in [5, 5.41) is 0. The average molecular weight is 399 g/mol. The van der Waals surface area contributed by atoms with Gasteiger partial charge in [-0.05, 0) is 36.6 Å². The molecule has 1 atom stereocenters. The molecule has 158 valence electrons. The standard InChI is InChI=1S/C24H34N2O3/c1-4-6-7-8-9-10-15-28-21-13-11-20(12-14-21)22-16-26-23(17-25-22)24(27)29-18-19(3)5-2/h11-14,16-17,19H,4-10,15,18H2,1-3H3/t19-/m0/s1. The third-order valence-electron chi connectivity index (χ3n) is 4.97. The number of esters is 1. The third-order valence-corrected chi connectivity index (χ3v) is 4.97. The van der Waals surface area contributed by atoms with Crippen LogP contribution < -0.4 is 4.74 Å². The van der Waals surface area contributed by atoms with E-state index in [-0.39, 0.29) is 5.69 Å². The second kappa shape index (κ2) is 12.9. The molecule has 2 rings (SSSR count). The van der Waals surface area contributed by atoms with Gasteiger partial charge in [0.15, 0.2) is 5.69 Å². The van der Waals surface area contributed by atoms with Gasteiger partial charge in [0.2, 0.25) is 0 Å². The van der Waals surface area contributed by atoms with Crippen LogP contribution in [0.3, 0.4) is 0 Å². The summed E-state index contributed by atoms with van der Waals surface area (Å²) in [6, 6.07) is 7.81. The molecule has 2 aromatic rings. The number of aromatic nitrogens is 2. The molecule has 5 nitrogen and oxygen atoms in total. The smallest absolute Gasteiger partial charge is 0.358 e. The topological polar surface area (TPSA) is 61.3 Å². The molecule has 0 unspecified atom stereocenters. The molecule has 1 aromatic heterocycles. The summed E-state index contributed by atoms with van der Waals surface area (Å²) in [4.78, 5) is 20.6. The minimum atomic E-state index is -0.428. The molecule has 0 aliphatic heterocycles. The average Bonchev–Trinajstić information content (AvgIpc) is 2.77. The Morgan fingerprint density at radius 1 is 0.966 bits per heavy atom. The number of hydrogen-bond donors (Lipinski definition) is 0. The molecular formula is C24H34N2O3. The van der Waals surface area contributed by atoms with Crippen LogP contribution in [0.1, 0.15) is 76.2 Å². The van der Waals surface area contributed by atoms with Crippen LogP contribution in [0.15, 0.2) is 36.7 Å². The fourth-order valence-electron chi connectivity index (χ4n) is 2.79. The van der Waals surface area contributed by atoms with Gasteiger partial charge in [0.05, 0.1) is 31.3 Å². The molecule has 0 spiro atoms. The Hall–Kier alpha value is -2.43. The highest BCUT2D eigenvalue weighted by atomic mass is 16.5. The SMILES string of the molecule is CCCCCCCCOc1ccc(-c2cnc(C(=O)OC[C@@H](C)CC)cn2)cc1. The van der Waals surface area contributed by atoms with Crippen molar-refractivity contribution in [2.75, 3.05) is 13.2 Å². The van der Waals surface area contributed by atoms with Gasteiger partial charge in [0, 0.05) is 5.56 Å². The van der Waals surface area contributed by atoms with Crippen LogP contribution in [0.4, 0.5) is 0 Å². The second-order valence-electron chi connectivity index (χ2n) is 7.54. The van der Waals surface area contributed by atoms with Crippen LogP contribution in [0.2, 0.25) is 0 Å². The molecule has 5 heteroatoms. The van der Waals surface area contributed by atoms with Crippen molar-refractivity contribution in [3.63, 3.8) is 0 Å². The summed E-state index contributed by atoms with van der Waals surface area (Å²) in [6.45, 7) is 7.49. The van der Waals surface area contributed by atoms with Crippen LogP contribution in [0, 0.1) is 5.92 Å². The number of carbonyl (C=O) groups is 1. The molecular weight excluding hydrogens is 364 g/mol. The van der Waals surface area contributed by atoms with Gasteiger partial charge in [-0.2, -0.15) is 0 Å². The van der Waals surface area contributed by atoms with E-state index in [4.69, 9.17) is 9.47 Å². The number of rotatable bonds is 13. The van der Waals surface area contributed by atoms with Crippen molar-refractivity contribution in [2.24, 2.45) is 5.92 Å². The van der Waals surface area contributed by atoms with Gasteiger partial charge < -0.3 is 9.47 Å². The van der Waals surface area contributed by atoms with E-state index in [1.807, 2.05) is 31.2 Å². The maximum atomic E-state index is 12.0. The number of nitrogens with zero attached hydrogens (tertiary/aromatic N) is 2. The Bertz CT molecular complexity index is 714. The molecule has 0 N–H and O–H groups in total. The highest BCUT2D eigenvalue weighted by molar-refractivity contribution is 5.87. The third kappa shape index (κ3) is 8.22. The zero-order chi connectivity index (χ0) is 20.9. The summed E-state index contributed by atoms with van der Waals surface area (Å²) >= 11 is 0. The Morgan fingerprint density at radius 3 is 2.34 bits per heavy atom. The first-order chi connectivity index (χ1) is 14.1. The number of carbonyl (C=O) groups excluding carboxylic acids is 1. The first kappa shape index (κ1) is 22.9. The zero-order valence-electron chi connectivity index (χ0n) is 18.0. The number of ether oxygens (including phenoxy) is 2. The van der Waals surface area contributed by atoms with Crippen molar-refractivity contribution in [1.82, 2.24) is 9.97 Å².